The minimum absolute atomic E-state index is 0.161. The Morgan fingerprint density at radius 2 is 1.87 bits per heavy atom. The molecule has 39 heavy (non-hydrogen) atoms. The number of nitrogens with zero attached hydrogens (tertiary/aromatic N) is 1. The van der Waals surface area contributed by atoms with E-state index in [2.05, 4.69) is 15.6 Å². The first-order valence-electron chi connectivity index (χ1n) is 13.7. The van der Waals surface area contributed by atoms with E-state index in [0.29, 0.717) is 51.5 Å². The molecule has 2 N–H and O–H groups in total. The number of rotatable bonds is 8. The summed E-state index contributed by atoms with van der Waals surface area (Å²) in [5.74, 6) is -0.656. The van der Waals surface area contributed by atoms with Gasteiger partial charge in [0.05, 0.1) is 17.0 Å². The van der Waals surface area contributed by atoms with Gasteiger partial charge in [-0.1, -0.05) is 11.6 Å². The van der Waals surface area contributed by atoms with Crippen molar-refractivity contribution in [2.45, 2.75) is 83.3 Å². The molecule has 0 bridgehead atoms. The van der Waals surface area contributed by atoms with Gasteiger partial charge in [0.25, 0.3) is 17.6 Å². The van der Waals surface area contributed by atoms with Crippen LogP contribution in [0, 0.1) is 18.8 Å². The minimum atomic E-state index is -0.836. The summed E-state index contributed by atoms with van der Waals surface area (Å²) in [7, 11) is 1.78. The zero-order valence-electron chi connectivity index (χ0n) is 23.3. The number of allylic oxidation sites excluding steroid dienone is 1. The number of carbonyl (C=O) groups is 2. The maximum atomic E-state index is 13.2. The van der Waals surface area contributed by atoms with E-state index in [0.717, 1.165) is 43.4 Å². The van der Waals surface area contributed by atoms with Gasteiger partial charge in [-0.25, -0.2) is 4.99 Å². The van der Waals surface area contributed by atoms with Crippen LogP contribution in [0.3, 0.4) is 0 Å². The lowest BCUT2D eigenvalue weighted by molar-refractivity contribution is -0.122. The molecule has 212 valence electrons. The fraction of sp³-hybridized carbons (Fsp3) is 0.621. The lowest BCUT2D eigenvalue weighted by Gasteiger charge is -2.41. The molecule has 2 unspecified atom stereocenters. The molecule has 2 amide bonds. The normalized spacial score (nSPS) is 31.8. The van der Waals surface area contributed by atoms with Gasteiger partial charge in [-0.2, -0.15) is 0 Å². The SMILES string of the molecule is COC1CC(NC2CCC(C3(C)Oc4c(Cl)cc(C(=O)NCC5C(=O)N=C(C)C=C5SC)c(C)c4O3)CC2)C1. The first-order chi connectivity index (χ1) is 18.6. The Kier molecular flexibility index (Phi) is 8.34. The monoisotopic (exact) mass is 575 g/mol. The molecule has 0 saturated heterocycles. The van der Waals surface area contributed by atoms with Gasteiger partial charge in [0.2, 0.25) is 0 Å². The molecular weight excluding hydrogens is 538 g/mol. The topological polar surface area (TPSA) is 98.2 Å². The highest BCUT2D eigenvalue weighted by Gasteiger charge is 2.47. The molecule has 4 aliphatic rings. The number of amides is 2. The molecule has 8 nitrogen and oxygen atoms in total. The summed E-state index contributed by atoms with van der Waals surface area (Å²) in [6.45, 7) is 5.78. The predicted molar refractivity (Wildman–Crippen MR) is 154 cm³/mol. The molecule has 0 aromatic heterocycles. The maximum absolute atomic E-state index is 13.2. The van der Waals surface area contributed by atoms with Gasteiger partial charge in [0.1, 0.15) is 0 Å². The van der Waals surface area contributed by atoms with Crippen LogP contribution in [0.25, 0.3) is 0 Å². The number of fused-ring (bicyclic) bond motifs is 1. The fourth-order valence-electron chi connectivity index (χ4n) is 6.15. The molecule has 2 aliphatic heterocycles. The number of thioether (sulfide) groups is 1. The van der Waals surface area contributed by atoms with Crippen LogP contribution < -0.4 is 20.1 Å². The van der Waals surface area contributed by atoms with Crippen LogP contribution in [0.4, 0.5) is 0 Å². The van der Waals surface area contributed by atoms with Crippen molar-refractivity contribution < 1.29 is 23.8 Å². The number of benzene rings is 1. The predicted octanol–water partition coefficient (Wildman–Crippen LogP) is 5.06. The van der Waals surface area contributed by atoms with Crippen LogP contribution in [0.2, 0.25) is 5.02 Å². The lowest BCUT2D eigenvalue weighted by atomic mass is 9.80. The highest BCUT2D eigenvalue weighted by Crippen LogP contribution is 2.51. The number of hydrogen-bond donors (Lipinski definition) is 2. The van der Waals surface area contributed by atoms with Gasteiger partial charge in [-0.3, -0.25) is 9.59 Å². The van der Waals surface area contributed by atoms with Crippen molar-refractivity contribution in [1.29, 1.82) is 0 Å². The third kappa shape index (κ3) is 5.73. The van der Waals surface area contributed by atoms with E-state index in [9.17, 15) is 9.59 Å². The smallest absolute Gasteiger partial charge is 0.255 e. The number of ether oxygens (including phenoxy) is 3. The second-order valence-corrected chi connectivity index (χ2v) is 12.5. The van der Waals surface area contributed by atoms with Crippen LogP contribution in [0.5, 0.6) is 11.5 Å². The Balaban J connectivity index is 1.22. The van der Waals surface area contributed by atoms with Gasteiger partial charge in [0, 0.05) is 60.3 Å². The Hall–Kier alpha value is -2.07. The average molecular weight is 576 g/mol. The van der Waals surface area contributed by atoms with E-state index in [4.69, 9.17) is 25.8 Å². The average Bonchev–Trinajstić information content (AvgIpc) is 3.27. The van der Waals surface area contributed by atoms with Crippen LogP contribution in [0.1, 0.15) is 68.3 Å². The fourth-order valence-corrected chi connectivity index (χ4v) is 7.14. The molecule has 2 saturated carbocycles. The summed E-state index contributed by atoms with van der Waals surface area (Å²) in [6, 6.07) is 2.69. The van der Waals surface area contributed by atoms with Crippen molar-refractivity contribution >= 4 is 40.9 Å². The number of hydrogen-bond acceptors (Lipinski definition) is 7. The molecular formula is C29H38ClN3O5S. The molecule has 2 aliphatic carbocycles. The molecule has 5 rings (SSSR count). The van der Waals surface area contributed by atoms with Crippen molar-refractivity contribution in [3.63, 3.8) is 0 Å². The van der Waals surface area contributed by atoms with Gasteiger partial charge in [0.15, 0.2) is 11.5 Å². The molecule has 0 spiro atoms. The van der Waals surface area contributed by atoms with E-state index < -0.39 is 11.7 Å². The Labute approximate surface area is 239 Å². The molecule has 1 aromatic rings. The van der Waals surface area contributed by atoms with Crippen molar-refractivity contribution in [1.82, 2.24) is 10.6 Å². The van der Waals surface area contributed by atoms with Gasteiger partial charge >= 0.3 is 0 Å². The third-order valence-corrected chi connectivity index (χ3v) is 9.80. The first-order valence-corrected chi connectivity index (χ1v) is 15.3. The summed E-state index contributed by atoms with van der Waals surface area (Å²) in [6.07, 6.45) is 10.5. The zero-order chi connectivity index (χ0) is 27.9. The highest BCUT2D eigenvalue weighted by molar-refractivity contribution is 8.02. The molecule has 10 heteroatoms. The van der Waals surface area contributed by atoms with E-state index in [1.165, 1.54) is 11.8 Å². The maximum Gasteiger partial charge on any atom is 0.255 e. The largest absolute Gasteiger partial charge is 0.448 e. The minimum Gasteiger partial charge on any atom is -0.448 e. The number of aliphatic imine (C=N–C) groups is 1. The van der Waals surface area contributed by atoms with Crippen molar-refractivity contribution in [2.75, 3.05) is 19.9 Å². The Morgan fingerprint density at radius 1 is 1.18 bits per heavy atom. The van der Waals surface area contributed by atoms with Crippen LogP contribution >= 0.6 is 23.4 Å². The Morgan fingerprint density at radius 3 is 2.54 bits per heavy atom. The third-order valence-electron chi connectivity index (χ3n) is 8.64. The number of dihydropyridines is 1. The number of methoxy groups -OCH3 is 1. The highest BCUT2D eigenvalue weighted by atomic mass is 35.5. The van der Waals surface area contributed by atoms with E-state index in [1.54, 1.807) is 20.1 Å². The summed E-state index contributed by atoms with van der Waals surface area (Å²) >= 11 is 8.12. The lowest BCUT2D eigenvalue weighted by Crippen LogP contribution is -2.52. The number of halogens is 1. The standard InChI is InChI=1S/C29H38ClN3O5S/c1-15-10-24(39-5)22(28(35)32-15)14-31-27(34)21-13-23(30)26-25(16(21)2)37-29(3,38-26)17-6-8-18(9-7-17)33-19-11-20(12-19)36-4/h10,13,17-20,22,33H,6-9,11-12,14H2,1-5H3,(H,31,34). The molecule has 0 radical (unpaired) electrons. The molecule has 2 atom stereocenters. The summed E-state index contributed by atoms with van der Waals surface area (Å²) in [4.78, 5) is 30.6. The summed E-state index contributed by atoms with van der Waals surface area (Å²) < 4.78 is 18.2. The van der Waals surface area contributed by atoms with Crippen LogP contribution in [0.15, 0.2) is 22.0 Å². The van der Waals surface area contributed by atoms with Gasteiger partial charge in [-0.15, -0.1) is 11.8 Å². The first kappa shape index (κ1) is 28.5. The van der Waals surface area contributed by atoms with Crippen molar-refractivity contribution in [3.05, 3.63) is 33.2 Å². The van der Waals surface area contributed by atoms with Crippen LogP contribution in [-0.2, 0) is 9.53 Å². The molecule has 2 heterocycles. The second-order valence-electron chi connectivity index (χ2n) is 11.3. The van der Waals surface area contributed by atoms with E-state index in [-0.39, 0.29) is 24.3 Å². The molecule has 2 fully saturated rings. The zero-order valence-corrected chi connectivity index (χ0v) is 24.8. The quantitative estimate of drug-likeness (QED) is 0.447. The van der Waals surface area contributed by atoms with Crippen molar-refractivity contribution in [3.8, 4) is 11.5 Å². The Bertz CT molecular complexity index is 1210. The second kappa shape index (κ2) is 11.4. The summed E-state index contributed by atoms with van der Waals surface area (Å²) in [5, 5.41) is 7.03. The molecule has 1 aromatic carbocycles. The summed E-state index contributed by atoms with van der Waals surface area (Å²) in [5.41, 5.74) is 1.76. The van der Waals surface area contributed by atoms with Crippen LogP contribution in [-0.4, -0.2) is 61.4 Å². The number of nitrogens with one attached hydrogen (secondary N) is 2. The van der Waals surface area contributed by atoms with E-state index >= 15 is 0 Å². The number of carbonyl (C=O) groups excluding carboxylic acids is 2. The van der Waals surface area contributed by atoms with Crippen molar-refractivity contribution in [2.24, 2.45) is 16.8 Å². The van der Waals surface area contributed by atoms with Gasteiger partial charge in [-0.05, 0) is 70.8 Å². The van der Waals surface area contributed by atoms with E-state index in [1.807, 2.05) is 26.2 Å². The van der Waals surface area contributed by atoms with Gasteiger partial charge < -0.3 is 24.8 Å².